The van der Waals surface area contributed by atoms with Crippen molar-refractivity contribution >= 4 is 6.02 Å². The maximum atomic E-state index is 7.34. The van der Waals surface area contributed by atoms with E-state index in [1.807, 2.05) is 34.6 Å². The summed E-state index contributed by atoms with van der Waals surface area (Å²) in [6.07, 6.45) is 0. The molecule has 0 rings (SSSR count). The highest BCUT2D eigenvalue weighted by Gasteiger charge is 2.13. The highest BCUT2D eigenvalue weighted by molar-refractivity contribution is 5.70. The molecule has 0 heterocycles. The first kappa shape index (κ1) is 10.3. The monoisotopic (exact) mass is 158 g/mol. The van der Waals surface area contributed by atoms with Crippen molar-refractivity contribution in [1.29, 1.82) is 5.41 Å². The summed E-state index contributed by atoms with van der Waals surface area (Å²) >= 11 is 0. The van der Waals surface area contributed by atoms with Gasteiger partial charge in [-0.3, -0.25) is 5.41 Å². The molecule has 11 heavy (non-hydrogen) atoms. The van der Waals surface area contributed by atoms with Crippen LogP contribution in [0.25, 0.3) is 0 Å². The van der Waals surface area contributed by atoms with Crippen LogP contribution in [0, 0.1) is 5.41 Å². The molecule has 66 valence electrons. The smallest absolute Gasteiger partial charge is 0.282 e. The van der Waals surface area contributed by atoms with Gasteiger partial charge >= 0.3 is 0 Å². The first-order valence-electron chi connectivity index (χ1n) is 3.85. The molecule has 0 radical (unpaired) electrons. The third-order valence-corrected chi connectivity index (χ3v) is 0.828. The van der Waals surface area contributed by atoms with Crippen molar-refractivity contribution in [3.8, 4) is 0 Å². The Morgan fingerprint density at radius 2 is 1.82 bits per heavy atom. The number of nitrogens with one attached hydrogen (secondary N) is 2. The van der Waals surface area contributed by atoms with Crippen molar-refractivity contribution in [3.05, 3.63) is 0 Å². The average molecular weight is 158 g/mol. The SMILES string of the molecule is CC(C)NC(=N)OC(C)(C)C. The summed E-state index contributed by atoms with van der Waals surface area (Å²) in [5.41, 5.74) is -0.279. The van der Waals surface area contributed by atoms with Crippen LogP contribution in [0.15, 0.2) is 0 Å². The summed E-state index contributed by atoms with van der Waals surface area (Å²) in [7, 11) is 0. The van der Waals surface area contributed by atoms with E-state index in [0.29, 0.717) is 0 Å². The molecule has 0 spiro atoms. The van der Waals surface area contributed by atoms with Crippen molar-refractivity contribution in [2.24, 2.45) is 0 Å². The number of amidine groups is 1. The van der Waals surface area contributed by atoms with Crippen LogP contribution in [0.3, 0.4) is 0 Å². The summed E-state index contributed by atoms with van der Waals surface area (Å²) in [6, 6.07) is 0.400. The minimum Gasteiger partial charge on any atom is -0.460 e. The van der Waals surface area contributed by atoms with Gasteiger partial charge in [0, 0.05) is 6.04 Å². The molecular formula is C8H18N2O. The molecule has 0 aliphatic rings. The molecule has 0 aliphatic heterocycles. The summed E-state index contributed by atoms with van der Waals surface area (Å²) < 4.78 is 5.22. The second kappa shape index (κ2) is 3.60. The van der Waals surface area contributed by atoms with Gasteiger partial charge in [-0.05, 0) is 34.6 Å². The highest BCUT2D eigenvalue weighted by Crippen LogP contribution is 2.05. The predicted octanol–water partition coefficient (Wildman–Crippen LogP) is 1.73. The molecule has 0 fully saturated rings. The minimum absolute atomic E-state index is 0.146. The molecule has 0 amide bonds. The van der Waals surface area contributed by atoms with Crippen molar-refractivity contribution < 1.29 is 4.74 Å². The fourth-order valence-electron chi connectivity index (χ4n) is 0.598. The number of hydrogen-bond acceptors (Lipinski definition) is 2. The molecule has 0 aromatic carbocycles. The van der Waals surface area contributed by atoms with E-state index < -0.39 is 0 Å². The fraction of sp³-hybridized carbons (Fsp3) is 0.875. The van der Waals surface area contributed by atoms with Crippen molar-refractivity contribution in [3.63, 3.8) is 0 Å². The van der Waals surface area contributed by atoms with Crippen LogP contribution in [-0.4, -0.2) is 17.7 Å². The Balaban J connectivity index is 3.71. The van der Waals surface area contributed by atoms with E-state index in [1.165, 1.54) is 0 Å². The molecule has 0 aromatic heterocycles. The quantitative estimate of drug-likeness (QED) is 0.451. The average Bonchev–Trinajstić information content (AvgIpc) is 1.53. The standard InChI is InChI=1S/C8H18N2O/c1-6(2)10-7(9)11-8(3,4)5/h6H,1-5H3,(H2,9,10). The molecule has 0 unspecified atom stereocenters. The predicted molar refractivity (Wildman–Crippen MR) is 46.8 cm³/mol. The van der Waals surface area contributed by atoms with Gasteiger partial charge in [0.2, 0.25) is 0 Å². The Hall–Kier alpha value is -0.730. The number of rotatable bonds is 1. The lowest BCUT2D eigenvalue weighted by Crippen LogP contribution is -2.36. The summed E-state index contributed by atoms with van der Waals surface area (Å²) in [5, 5.41) is 10.2. The molecule has 0 atom stereocenters. The van der Waals surface area contributed by atoms with Gasteiger partial charge in [0.25, 0.3) is 6.02 Å². The van der Waals surface area contributed by atoms with Gasteiger partial charge in [-0.1, -0.05) is 0 Å². The second-order valence-electron chi connectivity index (χ2n) is 3.84. The normalized spacial score (nSPS) is 11.5. The van der Waals surface area contributed by atoms with Gasteiger partial charge in [0.15, 0.2) is 0 Å². The van der Waals surface area contributed by atoms with Crippen LogP contribution in [0.2, 0.25) is 0 Å². The highest BCUT2D eigenvalue weighted by atomic mass is 16.5. The molecule has 2 N–H and O–H groups in total. The molecule has 0 aliphatic carbocycles. The van der Waals surface area contributed by atoms with E-state index >= 15 is 0 Å². The van der Waals surface area contributed by atoms with E-state index in [0.717, 1.165) is 0 Å². The van der Waals surface area contributed by atoms with Gasteiger partial charge in [-0.25, -0.2) is 0 Å². The van der Waals surface area contributed by atoms with Crippen LogP contribution in [0.4, 0.5) is 0 Å². The van der Waals surface area contributed by atoms with E-state index in [2.05, 4.69) is 5.32 Å². The molecule has 3 nitrogen and oxygen atoms in total. The second-order valence-corrected chi connectivity index (χ2v) is 3.84. The van der Waals surface area contributed by atoms with E-state index in [4.69, 9.17) is 10.1 Å². The molecule has 0 saturated carbocycles. The lowest BCUT2D eigenvalue weighted by molar-refractivity contribution is 0.106. The van der Waals surface area contributed by atoms with Crippen molar-refractivity contribution in [2.75, 3.05) is 0 Å². The summed E-state index contributed by atoms with van der Waals surface area (Å²) in [6.45, 7) is 9.71. The zero-order chi connectivity index (χ0) is 9.07. The topological polar surface area (TPSA) is 45.1 Å². The zero-order valence-corrected chi connectivity index (χ0v) is 7.99. The fourth-order valence-corrected chi connectivity index (χ4v) is 0.598. The van der Waals surface area contributed by atoms with Crippen molar-refractivity contribution in [2.45, 2.75) is 46.3 Å². The largest absolute Gasteiger partial charge is 0.460 e. The van der Waals surface area contributed by atoms with Crippen LogP contribution in [0.1, 0.15) is 34.6 Å². The first-order valence-corrected chi connectivity index (χ1v) is 3.85. The first-order chi connectivity index (χ1) is 4.81. The third kappa shape index (κ3) is 7.16. The Kier molecular flexibility index (Phi) is 3.36. The maximum absolute atomic E-state index is 7.34. The Bertz CT molecular complexity index is 136. The van der Waals surface area contributed by atoms with Crippen LogP contribution < -0.4 is 5.32 Å². The molecular weight excluding hydrogens is 140 g/mol. The Morgan fingerprint density at radius 1 is 1.36 bits per heavy atom. The van der Waals surface area contributed by atoms with Crippen molar-refractivity contribution in [1.82, 2.24) is 5.32 Å². The molecule has 3 heteroatoms. The van der Waals surface area contributed by atoms with Gasteiger partial charge in [0.1, 0.15) is 5.60 Å². The van der Waals surface area contributed by atoms with Crippen LogP contribution in [-0.2, 0) is 4.74 Å². The minimum atomic E-state index is -0.279. The van der Waals surface area contributed by atoms with Crippen LogP contribution >= 0.6 is 0 Å². The molecule has 0 saturated heterocycles. The van der Waals surface area contributed by atoms with Gasteiger partial charge in [-0.15, -0.1) is 0 Å². The zero-order valence-electron chi connectivity index (χ0n) is 7.99. The number of ether oxygens (including phenoxy) is 1. The Labute approximate surface area is 68.6 Å². The summed E-state index contributed by atoms with van der Waals surface area (Å²) in [5.74, 6) is 0. The number of hydrogen-bond donors (Lipinski definition) is 2. The summed E-state index contributed by atoms with van der Waals surface area (Å²) in [4.78, 5) is 0. The van der Waals surface area contributed by atoms with E-state index in [1.54, 1.807) is 0 Å². The lowest BCUT2D eigenvalue weighted by Gasteiger charge is -2.22. The van der Waals surface area contributed by atoms with Gasteiger partial charge < -0.3 is 10.1 Å². The van der Waals surface area contributed by atoms with Crippen LogP contribution in [0.5, 0.6) is 0 Å². The third-order valence-electron chi connectivity index (χ3n) is 0.828. The Morgan fingerprint density at radius 3 is 2.09 bits per heavy atom. The lowest BCUT2D eigenvalue weighted by atomic mass is 10.2. The molecule has 0 aromatic rings. The van der Waals surface area contributed by atoms with Gasteiger partial charge in [-0.2, -0.15) is 0 Å². The van der Waals surface area contributed by atoms with E-state index in [9.17, 15) is 0 Å². The maximum Gasteiger partial charge on any atom is 0.282 e. The van der Waals surface area contributed by atoms with Gasteiger partial charge in [0.05, 0.1) is 0 Å². The van der Waals surface area contributed by atoms with E-state index in [-0.39, 0.29) is 17.7 Å². The molecule has 0 bridgehead atoms.